The van der Waals surface area contributed by atoms with Crippen molar-refractivity contribution in [3.63, 3.8) is 0 Å². The van der Waals surface area contributed by atoms with Gasteiger partial charge >= 0.3 is 0 Å². The summed E-state index contributed by atoms with van der Waals surface area (Å²) in [4.78, 5) is 20.6. The van der Waals surface area contributed by atoms with Gasteiger partial charge in [-0.25, -0.2) is 9.97 Å². The van der Waals surface area contributed by atoms with E-state index in [9.17, 15) is 4.79 Å². The van der Waals surface area contributed by atoms with Crippen LogP contribution in [-0.2, 0) is 11.3 Å². The summed E-state index contributed by atoms with van der Waals surface area (Å²) in [6, 6.07) is 3.90. The number of carbonyl (C=O) groups is 1. The second-order valence-electron chi connectivity index (χ2n) is 6.54. The molecule has 2 aromatic heterocycles. The minimum Gasteiger partial charge on any atom is -0.352 e. The second kappa shape index (κ2) is 11.2. The van der Waals surface area contributed by atoms with Gasteiger partial charge in [0.2, 0.25) is 5.91 Å². The van der Waals surface area contributed by atoms with Gasteiger partial charge in [0, 0.05) is 31.6 Å². The highest BCUT2D eigenvalue weighted by Crippen LogP contribution is 2.24. The van der Waals surface area contributed by atoms with Crippen LogP contribution in [0.5, 0.6) is 0 Å². The highest BCUT2D eigenvalue weighted by Gasteiger charge is 2.21. The maximum atomic E-state index is 12.2. The van der Waals surface area contributed by atoms with Gasteiger partial charge in [-0.1, -0.05) is 6.92 Å². The third-order valence-electron chi connectivity index (χ3n) is 4.76. The van der Waals surface area contributed by atoms with Gasteiger partial charge in [0.1, 0.15) is 12.1 Å². The largest absolute Gasteiger partial charge is 0.352 e. The van der Waals surface area contributed by atoms with Crippen molar-refractivity contribution < 1.29 is 4.79 Å². The first-order chi connectivity index (χ1) is 11.7. The summed E-state index contributed by atoms with van der Waals surface area (Å²) in [7, 11) is 0. The van der Waals surface area contributed by atoms with E-state index in [1.807, 2.05) is 22.9 Å². The molecular formula is C18H27Cl2N5O. The number of carbonyl (C=O) groups excluding carboxylic acids is 1. The van der Waals surface area contributed by atoms with E-state index in [4.69, 9.17) is 0 Å². The molecule has 2 aromatic rings. The van der Waals surface area contributed by atoms with Crippen LogP contribution in [0.1, 0.15) is 31.7 Å². The van der Waals surface area contributed by atoms with Crippen molar-refractivity contribution in [2.75, 3.05) is 13.1 Å². The number of amides is 1. The highest BCUT2D eigenvalue weighted by atomic mass is 35.5. The first-order valence-corrected chi connectivity index (χ1v) is 8.63. The topological polar surface area (TPSA) is 71.8 Å². The highest BCUT2D eigenvalue weighted by molar-refractivity contribution is 5.85. The Labute approximate surface area is 167 Å². The fourth-order valence-electron chi connectivity index (χ4n) is 3.25. The molecule has 144 valence electrons. The minimum atomic E-state index is 0. The molecule has 1 aliphatic heterocycles. The lowest BCUT2D eigenvalue weighted by Gasteiger charge is -2.27. The van der Waals surface area contributed by atoms with Gasteiger partial charge in [-0.05, 0) is 55.5 Å². The standard InChI is InChI=1S/C18H25N5O.2ClH/c1-14(16-3-5-19-6-4-16)10-18(24)22-12-15-2-7-21-17(11-15)23-9-8-20-13-23;;/h2,7-9,11,13-14,16,19H,3-6,10,12H2,1H3,(H,22,24);2*1H. The normalized spacial score (nSPS) is 15.4. The van der Waals surface area contributed by atoms with Crippen LogP contribution in [0, 0.1) is 11.8 Å². The van der Waals surface area contributed by atoms with Gasteiger partial charge in [-0.15, -0.1) is 24.8 Å². The molecule has 1 aliphatic rings. The van der Waals surface area contributed by atoms with Crippen LogP contribution in [0.15, 0.2) is 37.1 Å². The molecule has 0 spiro atoms. The van der Waals surface area contributed by atoms with Crippen molar-refractivity contribution >= 4 is 30.7 Å². The predicted molar refractivity (Wildman–Crippen MR) is 107 cm³/mol. The molecule has 3 heterocycles. The summed E-state index contributed by atoms with van der Waals surface area (Å²) < 4.78 is 1.85. The quantitative estimate of drug-likeness (QED) is 0.782. The minimum absolute atomic E-state index is 0. The van der Waals surface area contributed by atoms with Crippen molar-refractivity contribution in [3.8, 4) is 5.82 Å². The third-order valence-corrected chi connectivity index (χ3v) is 4.76. The lowest BCUT2D eigenvalue weighted by molar-refractivity contribution is -0.122. The Bertz CT molecular complexity index is 659. The Morgan fingerprint density at radius 1 is 1.35 bits per heavy atom. The molecule has 1 fully saturated rings. The zero-order valence-electron chi connectivity index (χ0n) is 14.9. The van der Waals surface area contributed by atoms with Crippen LogP contribution in [0.3, 0.4) is 0 Å². The van der Waals surface area contributed by atoms with E-state index in [1.165, 1.54) is 12.8 Å². The van der Waals surface area contributed by atoms with Crippen LogP contribution in [0.25, 0.3) is 5.82 Å². The maximum Gasteiger partial charge on any atom is 0.220 e. The average molecular weight is 400 g/mol. The Kier molecular flexibility index (Phi) is 9.62. The van der Waals surface area contributed by atoms with Gasteiger partial charge in [0.15, 0.2) is 0 Å². The molecule has 1 saturated heterocycles. The van der Waals surface area contributed by atoms with E-state index in [0.717, 1.165) is 24.5 Å². The van der Waals surface area contributed by atoms with Gasteiger partial charge in [0.25, 0.3) is 0 Å². The summed E-state index contributed by atoms with van der Waals surface area (Å²) in [6.07, 6.45) is 9.99. The summed E-state index contributed by atoms with van der Waals surface area (Å²) >= 11 is 0. The molecule has 3 rings (SSSR count). The van der Waals surface area contributed by atoms with E-state index in [0.29, 0.717) is 24.8 Å². The number of aromatic nitrogens is 3. The number of rotatable bonds is 6. The molecule has 0 bridgehead atoms. The Morgan fingerprint density at radius 3 is 2.81 bits per heavy atom. The van der Waals surface area contributed by atoms with Crippen LogP contribution < -0.4 is 10.6 Å². The van der Waals surface area contributed by atoms with Crippen molar-refractivity contribution in [3.05, 3.63) is 42.6 Å². The van der Waals surface area contributed by atoms with Crippen molar-refractivity contribution in [2.24, 2.45) is 11.8 Å². The molecule has 0 aromatic carbocycles. The number of hydrogen-bond donors (Lipinski definition) is 2. The zero-order chi connectivity index (χ0) is 16.8. The fraction of sp³-hybridized carbons (Fsp3) is 0.500. The van der Waals surface area contributed by atoms with Crippen LogP contribution >= 0.6 is 24.8 Å². The molecule has 0 saturated carbocycles. The van der Waals surface area contributed by atoms with Crippen molar-refractivity contribution in [2.45, 2.75) is 32.7 Å². The first-order valence-electron chi connectivity index (χ1n) is 8.63. The number of imidazole rings is 1. The number of piperidine rings is 1. The predicted octanol–water partition coefficient (Wildman–Crippen LogP) is 2.75. The van der Waals surface area contributed by atoms with E-state index >= 15 is 0 Å². The first kappa shape index (κ1) is 22.4. The van der Waals surface area contributed by atoms with Gasteiger partial charge in [-0.2, -0.15) is 0 Å². The summed E-state index contributed by atoms with van der Waals surface area (Å²) in [5, 5.41) is 6.41. The smallest absolute Gasteiger partial charge is 0.220 e. The van der Waals surface area contributed by atoms with Crippen LogP contribution in [0.4, 0.5) is 0 Å². The number of pyridine rings is 1. The molecule has 1 amide bonds. The monoisotopic (exact) mass is 399 g/mol. The molecule has 6 nitrogen and oxygen atoms in total. The lowest BCUT2D eigenvalue weighted by Crippen LogP contribution is -2.33. The summed E-state index contributed by atoms with van der Waals surface area (Å²) in [5.41, 5.74) is 1.04. The number of halogens is 2. The van der Waals surface area contributed by atoms with Gasteiger partial charge in [0.05, 0.1) is 0 Å². The summed E-state index contributed by atoms with van der Waals surface area (Å²) in [5.74, 6) is 2.03. The zero-order valence-corrected chi connectivity index (χ0v) is 16.6. The SMILES string of the molecule is CC(CC(=O)NCc1ccnc(-n2ccnc2)c1)C1CCNCC1.Cl.Cl. The summed E-state index contributed by atoms with van der Waals surface area (Å²) in [6.45, 7) is 4.87. The molecule has 2 N–H and O–H groups in total. The molecule has 26 heavy (non-hydrogen) atoms. The lowest BCUT2D eigenvalue weighted by atomic mass is 9.84. The number of nitrogens with one attached hydrogen (secondary N) is 2. The molecule has 1 atom stereocenters. The van der Waals surface area contributed by atoms with E-state index in [2.05, 4.69) is 27.5 Å². The van der Waals surface area contributed by atoms with E-state index in [-0.39, 0.29) is 30.7 Å². The molecule has 8 heteroatoms. The van der Waals surface area contributed by atoms with E-state index in [1.54, 1.807) is 18.7 Å². The third kappa shape index (κ3) is 6.27. The average Bonchev–Trinajstić information content (AvgIpc) is 3.16. The van der Waals surface area contributed by atoms with Crippen LogP contribution in [-0.4, -0.2) is 33.5 Å². The van der Waals surface area contributed by atoms with Crippen molar-refractivity contribution in [1.29, 1.82) is 0 Å². The molecule has 0 aliphatic carbocycles. The number of hydrogen-bond acceptors (Lipinski definition) is 4. The van der Waals surface area contributed by atoms with E-state index < -0.39 is 0 Å². The van der Waals surface area contributed by atoms with Crippen LogP contribution in [0.2, 0.25) is 0 Å². The number of nitrogens with zero attached hydrogens (tertiary/aromatic N) is 3. The van der Waals surface area contributed by atoms with Gasteiger partial charge in [-0.3, -0.25) is 9.36 Å². The molecular weight excluding hydrogens is 373 g/mol. The maximum absolute atomic E-state index is 12.2. The molecule has 1 unspecified atom stereocenters. The Balaban J connectivity index is 0.00000169. The van der Waals surface area contributed by atoms with Gasteiger partial charge < -0.3 is 10.6 Å². The molecule has 0 radical (unpaired) electrons. The fourth-order valence-corrected chi connectivity index (χ4v) is 3.25. The Morgan fingerprint density at radius 2 is 2.12 bits per heavy atom. The second-order valence-corrected chi connectivity index (χ2v) is 6.54. The van der Waals surface area contributed by atoms with Crippen molar-refractivity contribution in [1.82, 2.24) is 25.2 Å². The Hall–Kier alpha value is -1.63.